The highest BCUT2D eigenvalue weighted by Crippen LogP contribution is 2.34. The molecule has 2 aromatic rings. The lowest BCUT2D eigenvalue weighted by Gasteiger charge is -2.03. The highest BCUT2D eigenvalue weighted by atomic mass is 32.1. The third-order valence-corrected chi connectivity index (χ3v) is 3.96. The second-order valence-electron chi connectivity index (χ2n) is 4.79. The molecule has 9 heteroatoms. The number of benzene rings is 1. The van der Waals surface area contributed by atoms with Crippen molar-refractivity contribution in [3.8, 4) is 11.3 Å². The van der Waals surface area contributed by atoms with Gasteiger partial charge in [0.05, 0.1) is 24.8 Å². The molecule has 0 atom stereocenters. The first-order valence-corrected chi connectivity index (χ1v) is 7.62. The Kier molecular flexibility index (Phi) is 5.55. The average molecular weight is 358 g/mol. The number of hydrogen-bond donors (Lipinski definition) is 1. The molecule has 1 amide bonds. The lowest BCUT2D eigenvalue weighted by atomic mass is 10.1. The van der Waals surface area contributed by atoms with Crippen LogP contribution in [-0.4, -0.2) is 24.0 Å². The number of ether oxygens (including phenoxy) is 1. The molecule has 24 heavy (non-hydrogen) atoms. The molecule has 2 rings (SSSR count). The number of carbonyl (C=O) groups excluding carboxylic acids is 2. The van der Waals surface area contributed by atoms with E-state index in [9.17, 15) is 22.8 Å². The fourth-order valence-corrected chi connectivity index (χ4v) is 2.79. The van der Waals surface area contributed by atoms with Gasteiger partial charge >= 0.3 is 5.97 Å². The van der Waals surface area contributed by atoms with Crippen LogP contribution in [0.2, 0.25) is 0 Å². The third kappa shape index (κ3) is 4.10. The number of aromatic nitrogens is 1. The quantitative estimate of drug-likeness (QED) is 0.832. The molecular weight excluding hydrogens is 345 g/mol. The standard InChI is InChI=1S/C15H13F3N2O3S/c1-7-14(13-9(17)5-8(16)6-10(13)18)20-15(24-7)19-11(21)3-4-12(22)23-2/h5-6H,3-4H2,1-2H3,(H,19,20,21). The smallest absolute Gasteiger partial charge is 0.306 e. The molecule has 0 saturated carbocycles. The summed E-state index contributed by atoms with van der Waals surface area (Å²) in [5, 5.41) is 2.57. The molecule has 0 unspecified atom stereocenters. The van der Waals surface area contributed by atoms with E-state index in [0.29, 0.717) is 17.0 Å². The Labute approximate surface area is 139 Å². The first kappa shape index (κ1) is 17.9. The van der Waals surface area contributed by atoms with Crippen LogP contribution in [0.15, 0.2) is 12.1 Å². The molecule has 1 aromatic carbocycles. The maximum absolute atomic E-state index is 13.8. The van der Waals surface area contributed by atoms with Gasteiger partial charge in [0.25, 0.3) is 0 Å². The molecule has 0 aliphatic carbocycles. The van der Waals surface area contributed by atoms with Crippen LogP contribution in [0.4, 0.5) is 18.3 Å². The van der Waals surface area contributed by atoms with Gasteiger partial charge in [-0.25, -0.2) is 18.2 Å². The first-order valence-electron chi connectivity index (χ1n) is 6.80. The minimum Gasteiger partial charge on any atom is -0.469 e. The number of carbonyl (C=O) groups is 2. The summed E-state index contributed by atoms with van der Waals surface area (Å²) in [6, 6.07) is 1.12. The van der Waals surface area contributed by atoms with Crippen molar-refractivity contribution >= 4 is 28.3 Å². The van der Waals surface area contributed by atoms with Gasteiger partial charge in [0, 0.05) is 23.4 Å². The summed E-state index contributed by atoms with van der Waals surface area (Å²) < 4.78 is 45.1. The minimum absolute atomic E-state index is 0.0155. The Balaban J connectivity index is 2.19. The van der Waals surface area contributed by atoms with E-state index in [1.807, 2.05) is 0 Å². The van der Waals surface area contributed by atoms with E-state index in [4.69, 9.17) is 0 Å². The summed E-state index contributed by atoms with van der Waals surface area (Å²) in [5.41, 5.74) is -0.474. The summed E-state index contributed by atoms with van der Waals surface area (Å²) in [6.45, 7) is 1.57. The predicted octanol–water partition coefficient (Wildman–Crippen LogP) is 3.43. The average Bonchev–Trinajstić information content (AvgIpc) is 2.84. The van der Waals surface area contributed by atoms with Gasteiger partial charge in [-0.2, -0.15) is 0 Å². The van der Waals surface area contributed by atoms with E-state index in [0.717, 1.165) is 11.3 Å². The molecule has 0 bridgehead atoms. The van der Waals surface area contributed by atoms with Crippen molar-refractivity contribution in [3.63, 3.8) is 0 Å². The maximum Gasteiger partial charge on any atom is 0.306 e. The lowest BCUT2D eigenvalue weighted by molar-refractivity contribution is -0.141. The van der Waals surface area contributed by atoms with Crippen molar-refractivity contribution in [1.82, 2.24) is 4.98 Å². The van der Waals surface area contributed by atoms with Gasteiger partial charge in [0.1, 0.15) is 17.5 Å². The van der Waals surface area contributed by atoms with Crippen LogP contribution in [0.25, 0.3) is 11.3 Å². The van der Waals surface area contributed by atoms with Crippen LogP contribution in [0.3, 0.4) is 0 Å². The van der Waals surface area contributed by atoms with Crippen molar-refractivity contribution < 1.29 is 27.5 Å². The predicted molar refractivity (Wildman–Crippen MR) is 82.0 cm³/mol. The number of methoxy groups -OCH3 is 1. The Bertz CT molecular complexity index is 769. The van der Waals surface area contributed by atoms with E-state index < -0.39 is 34.9 Å². The largest absolute Gasteiger partial charge is 0.469 e. The highest BCUT2D eigenvalue weighted by Gasteiger charge is 2.20. The van der Waals surface area contributed by atoms with Crippen molar-refractivity contribution in [2.24, 2.45) is 0 Å². The molecule has 128 valence electrons. The number of aryl methyl sites for hydroxylation is 1. The molecule has 0 aliphatic rings. The summed E-state index contributed by atoms with van der Waals surface area (Å²) in [5.74, 6) is -4.20. The molecular formula is C15H13F3N2O3S. The Hall–Kier alpha value is -2.42. The molecule has 0 spiro atoms. The van der Waals surface area contributed by atoms with E-state index in [1.165, 1.54) is 7.11 Å². The number of amides is 1. The van der Waals surface area contributed by atoms with E-state index in [-0.39, 0.29) is 23.7 Å². The summed E-state index contributed by atoms with van der Waals surface area (Å²) in [7, 11) is 1.21. The normalized spacial score (nSPS) is 10.5. The van der Waals surface area contributed by atoms with Crippen LogP contribution in [-0.2, 0) is 14.3 Å². The van der Waals surface area contributed by atoms with Gasteiger partial charge in [0.15, 0.2) is 5.13 Å². The Morgan fingerprint density at radius 2 is 1.83 bits per heavy atom. The van der Waals surface area contributed by atoms with Gasteiger partial charge in [-0.05, 0) is 6.92 Å². The zero-order valence-electron chi connectivity index (χ0n) is 12.8. The molecule has 0 aliphatic heterocycles. The lowest BCUT2D eigenvalue weighted by Crippen LogP contribution is -2.13. The summed E-state index contributed by atoms with van der Waals surface area (Å²) >= 11 is 1.01. The van der Waals surface area contributed by atoms with Gasteiger partial charge in [-0.15, -0.1) is 11.3 Å². The molecule has 0 saturated heterocycles. The van der Waals surface area contributed by atoms with Crippen LogP contribution in [0.1, 0.15) is 17.7 Å². The third-order valence-electron chi connectivity index (χ3n) is 3.07. The maximum atomic E-state index is 13.8. The Morgan fingerprint density at radius 3 is 2.42 bits per heavy atom. The fourth-order valence-electron chi connectivity index (χ4n) is 1.95. The van der Waals surface area contributed by atoms with Gasteiger partial charge in [-0.1, -0.05) is 0 Å². The first-order chi connectivity index (χ1) is 11.3. The van der Waals surface area contributed by atoms with Crippen molar-refractivity contribution in [2.45, 2.75) is 19.8 Å². The number of esters is 1. The number of nitrogens with one attached hydrogen (secondary N) is 1. The molecule has 1 N–H and O–H groups in total. The van der Waals surface area contributed by atoms with Crippen LogP contribution in [0, 0.1) is 24.4 Å². The number of hydrogen-bond acceptors (Lipinski definition) is 5. The summed E-state index contributed by atoms with van der Waals surface area (Å²) in [6.07, 6.45) is -0.208. The van der Waals surface area contributed by atoms with Gasteiger partial charge < -0.3 is 10.1 Å². The fraction of sp³-hybridized carbons (Fsp3) is 0.267. The minimum atomic E-state index is -1.08. The van der Waals surface area contributed by atoms with Crippen molar-refractivity contribution in [2.75, 3.05) is 12.4 Å². The number of anilines is 1. The monoisotopic (exact) mass is 358 g/mol. The molecule has 0 fully saturated rings. The topological polar surface area (TPSA) is 68.3 Å². The van der Waals surface area contributed by atoms with Gasteiger partial charge in [0.2, 0.25) is 5.91 Å². The second kappa shape index (κ2) is 7.43. The highest BCUT2D eigenvalue weighted by molar-refractivity contribution is 7.16. The number of nitrogens with zero attached hydrogens (tertiary/aromatic N) is 1. The Morgan fingerprint density at radius 1 is 1.21 bits per heavy atom. The zero-order valence-corrected chi connectivity index (χ0v) is 13.6. The second-order valence-corrected chi connectivity index (χ2v) is 6.00. The molecule has 1 heterocycles. The van der Waals surface area contributed by atoms with Gasteiger partial charge in [-0.3, -0.25) is 9.59 Å². The number of rotatable bonds is 5. The number of thiazole rings is 1. The zero-order chi connectivity index (χ0) is 17.9. The molecule has 1 aromatic heterocycles. The molecule has 5 nitrogen and oxygen atoms in total. The summed E-state index contributed by atoms with van der Waals surface area (Å²) in [4.78, 5) is 27.1. The van der Waals surface area contributed by atoms with Crippen LogP contribution >= 0.6 is 11.3 Å². The van der Waals surface area contributed by atoms with E-state index in [2.05, 4.69) is 15.0 Å². The van der Waals surface area contributed by atoms with E-state index in [1.54, 1.807) is 6.92 Å². The van der Waals surface area contributed by atoms with Crippen LogP contribution < -0.4 is 5.32 Å². The van der Waals surface area contributed by atoms with Crippen molar-refractivity contribution in [1.29, 1.82) is 0 Å². The SMILES string of the molecule is COC(=O)CCC(=O)Nc1nc(-c2c(F)cc(F)cc2F)c(C)s1. The molecule has 0 radical (unpaired) electrons. The van der Waals surface area contributed by atoms with Crippen LogP contribution in [0.5, 0.6) is 0 Å². The van der Waals surface area contributed by atoms with E-state index >= 15 is 0 Å². The van der Waals surface area contributed by atoms with Crippen molar-refractivity contribution in [3.05, 3.63) is 34.5 Å². The number of halogens is 3.